The number of aromatic amines is 1. The van der Waals surface area contributed by atoms with Crippen molar-refractivity contribution in [1.82, 2.24) is 9.88 Å². The van der Waals surface area contributed by atoms with Crippen LogP contribution in [0.25, 0.3) is 16.5 Å². The van der Waals surface area contributed by atoms with Crippen molar-refractivity contribution < 1.29 is 0 Å². The second kappa shape index (κ2) is 4.04. The van der Waals surface area contributed by atoms with Crippen molar-refractivity contribution in [2.24, 2.45) is 0 Å². The molecule has 2 aromatic rings. The minimum absolute atomic E-state index is 1.06. The fourth-order valence-corrected chi connectivity index (χ4v) is 2.71. The zero-order valence-electron chi connectivity index (χ0n) is 10.5. The van der Waals surface area contributed by atoms with Crippen LogP contribution in [0, 0.1) is 6.92 Å². The molecular formula is C15H18N2. The quantitative estimate of drug-likeness (QED) is 0.791. The Balaban J connectivity index is 2.15. The van der Waals surface area contributed by atoms with E-state index in [0.717, 1.165) is 13.0 Å². The lowest BCUT2D eigenvalue weighted by Gasteiger charge is -2.22. The van der Waals surface area contributed by atoms with Crippen molar-refractivity contribution in [1.29, 1.82) is 0 Å². The summed E-state index contributed by atoms with van der Waals surface area (Å²) in [5.41, 5.74) is 5.44. The first-order valence-electron chi connectivity index (χ1n) is 6.20. The average molecular weight is 226 g/mol. The molecule has 0 amide bonds. The van der Waals surface area contributed by atoms with Gasteiger partial charge in [0.15, 0.2) is 0 Å². The molecule has 0 bridgehead atoms. The predicted octanol–water partition coefficient (Wildman–Crippen LogP) is 3.20. The molecule has 0 fully saturated rings. The number of benzene rings is 1. The predicted molar refractivity (Wildman–Crippen MR) is 73.1 cm³/mol. The van der Waals surface area contributed by atoms with Gasteiger partial charge in [0.2, 0.25) is 0 Å². The van der Waals surface area contributed by atoms with Gasteiger partial charge in [-0.25, -0.2) is 0 Å². The van der Waals surface area contributed by atoms with Crippen LogP contribution < -0.4 is 0 Å². The van der Waals surface area contributed by atoms with Crippen molar-refractivity contribution in [2.75, 3.05) is 20.1 Å². The molecule has 1 aliphatic heterocycles. The van der Waals surface area contributed by atoms with Crippen LogP contribution in [0.3, 0.4) is 0 Å². The topological polar surface area (TPSA) is 19.0 Å². The lowest BCUT2D eigenvalue weighted by atomic mass is 9.98. The summed E-state index contributed by atoms with van der Waals surface area (Å²) in [5, 5.41) is 1.38. The minimum Gasteiger partial charge on any atom is -0.361 e. The Labute approximate surface area is 102 Å². The summed E-state index contributed by atoms with van der Waals surface area (Å²) in [7, 11) is 2.19. The molecule has 1 aromatic heterocycles. The highest BCUT2D eigenvalue weighted by atomic mass is 15.1. The summed E-state index contributed by atoms with van der Waals surface area (Å²) in [4.78, 5) is 5.76. The van der Waals surface area contributed by atoms with Crippen molar-refractivity contribution in [2.45, 2.75) is 13.3 Å². The van der Waals surface area contributed by atoms with Gasteiger partial charge >= 0.3 is 0 Å². The van der Waals surface area contributed by atoms with Crippen LogP contribution in [-0.2, 0) is 0 Å². The van der Waals surface area contributed by atoms with Gasteiger partial charge in [0, 0.05) is 35.8 Å². The molecule has 1 N–H and O–H groups in total. The van der Waals surface area contributed by atoms with Gasteiger partial charge in [-0.05, 0) is 37.6 Å². The van der Waals surface area contributed by atoms with Gasteiger partial charge in [0.1, 0.15) is 0 Å². The van der Waals surface area contributed by atoms with Gasteiger partial charge < -0.3 is 9.88 Å². The first-order valence-corrected chi connectivity index (χ1v) is 6.20. The third-order valence-electron chi connectivity index (χ3n) is 3.60. The van der Waals surface area contributed by atoms with E-state index >= 15 is 0 Å². The Morgan fingerprint density at radius 3 is 3.00 bits per heavy atom. The SMILES string of the molecule is Cc1cccc2[nH]cc(C3=CCCN(C)C3)c12. The average Bonchev–Trinajstić information content (AvgIpc) is 2.74. The maximum atomic E-state index is 3.38. The van der Waals surface area contributed by atoms with E-state index in [1.54, 1.807) is 0 Å². The Kier molecular flexibility index (Phi) is 2.52. The smallest absolute Gasteiger partial charge is 0.0462 e. The number of nitrogens with one attached hydrogen (secondary N) is 1. The first-order chi connectivity index (χ1) is 8.25. The Hall–Kier alpha value is -1.54. The molecule has 2 nitrogen and oxygen atoms in total. The number of nitrogens with zero attached hydrogens (tertiary/aromatic N) is 1. The van der Waals surface area contributed by atoms with E-state index in [4.69, 9.17) is 0 Å². The number of fused-ring (bicyclic) bond motifs is 1. The van der Waals surface area contributed by atoms with Gasteiger partial charge in [0.25, 0.3) is 0 Å². The molecule has 0 aliphatic carbocycles. The van der Waals surface area contributed by atoms with E-state index in [0.29, 0.717) is 0 Å². The number of likely N-dealkylation sites (N-methyl/N-ethyl adjacent to an activating group) is 1. The third-order valence-corrected chi connectivity index (χ3v) is 3.60. The number of aryl methyl sites for hydroxylation is 1. The lowest BCUT2D eigenvalue weighted by molar-refractivity contribution is 0.373. The van der Waals surface area contributed by atoms with Crippen LogP contribution in [0.1, 0.15) is 17.5 Å². The second-order valence-corrected chi connectivity index (χ2v) is 4.96. The van der Waals surface area contributed by atoms with Crippen LogP contribution in [0.5, 0.6) is 0 Å². The Morgan fingerprint density at radius 2 is 2.18 bits per heavy atom. The molecule has 2 heterocycles. The van der Waals surface area contributed by atoms with E-state index < -0.39 is 0 Å². The maximum absolute atomic E-state index is 3.38. The zero-order valence-corrected chi connectivity index (χ0v) is 10.5. The molecule has 1 aromatic carbocycles. The van der Waals surface area contributed by atoms with Crippen LogP contribution in [-0.4, -0.2) is 30.0 Å². The van der Waals surface area contributed by atoms with Gasteiger partial charge in [-0.3, -0.25) is 0 Å². The minimum atomic E-state index is 1.06. The number of hydrogen-bond acceptors (Lipinski definition) is 1. The summed E-state index contributed by atoms with van der Waals surface area (Å²) in [6, 6.07) is 6.45. The van der Waals surface area contributed by atoms with Crippen molar-refractivity contribution in [3.8, 4) is 0 Å². The monoisotopic (exact) mass is 226 g/mol. The molecular weight excluding hydrogens is 208 g/mol. The Morgan fingerprint density at radius 1 is 1.29 bits per heavy atom. The van der Waals surface area contributed by atoms with Gasteiger partial charge in [-0.15, -0.1) is 0 Å². The van der Waals surface area contributed by atoms with Crippen molar-refractivity contribution in [3.63, 3.8) is 0 Å². The van der Waals surface area contributed by atoms with Crippen LogP contribution >= 0.6 is 0 Å². The summed E-state index contributed by atoms with van der Waals surface area (Å²) in [5.74, 6) is 0. The fourth-order valence-electron chi connectivity index (χ4n) is 2.71. The standard InChI is InChI=1S/C15H18N2/c1-11-5-3-7-14-15(11)13(9-16-14)12-6-4-8-17(2)10-12/h3,5-7,9,16H,4,8,10H2,1-2H3. The van der Waals surface area contributed by atoms with Crippen molar-refractivity contribution >= 4 is 16.5 Å². The highest BCUT2D eigenvalue weighted by molar-refractivity contribution is 5.95. The normalized spacial score (nSPS) is 17.4. The van der Waals surface area contributed by atoms with E-state index in [-0.39, 0.29) is 0 Å². The lowest BCUT2D eigenvalue weighted by Crippen LogP contribution is -2.24. The summed E-state index contributed by atoms with van der Waals surface area (Å²) >= 11 is 0. The molecule has 88 valence electrons. The third kappa shape index (κ3) is 1.79. The van der Waals surface area contributed by atoms with Crippen LogP contribution in [0.15, 0.2) is 30.5 Å². The Bertz CT molecular complexity index is 578. The fraction of sp³-hybridized carbons (Fsp3) is 0.333. The summed E-state index contributed by atoms with van der Waals surface area (Å²) in [6.45, 7) is 4.42. The molecule has 2 heteroatoms. The number of hydrogen-bond donors (Lipinski definition) is 1. The molecule has 1 aliphatic rings. The van der Waals surface area contributed by atoms with Gasteiger partial charge in [-0.1, -0.05) is 18.2 Å². The number of rotatable bonds is 1. The van der Waals surface area contributed by atoms with E-state index in [9.17, 15) is 0 Å². The summed E-state index contributed by atoms with van der Waals surface area (Å²) < 4.78 is 0. The zero-order chi connectivity index (χ0) is 11.8. The molecule has 0 spiro atoms. The van der Waals surface area contributed by atoms with Gasteiger partial charge in [0.05, 0.1) is 0 Å². The van der Waals surface area contributed by atoms with Gasteiger partial charge in [-0.2, -0.15) is 0 Å². The molecule has 0 radical (unpaired) electrons. The first kappa shape index (κ1) is 10.6. The largest absolute Gasteiger partial charge is 0.361 e. The molecule has 0 atom stereocenters. The highest BCUT2D eigenvalue weighted by Gasteiger charge is 2.14. The number of aromatic nitrogens is 1. The van der Waals surface area contributed by atoms with E-state index in [2.05, 4.69) is 54.3 Å². The maximum Gasteiger partial charge on any atom is 0.0462 e. The molecule has 0 unspecified atom stereocenters. The van der Waals surface area contributed by atoms with Crippen LogP contribution in [0.2, 0.25) is 0 Å². The van der Waals surface area contributed by atoms with Crippen molar-refractivity contribution in [3.05, 3.63) is 41.6 Å². The number of H-pyrrole nitrogens is 1. The molecule has 0 saturated heterocycles. The van der Waals surface area contributed by atoms with Crippen LogP contribution in [0.4, 0.5) is 0 Å². The summed E-state index contributed by atoms with van der Waals surface area (Å²) in [6.07, 6.45) is 5.70. The van der Waals surface area contributed by atoms with E-state index in [1.807, 2.05) is 0 Å². The molecule has 17 heavy (non-hydrogen) atoms. The highest BCUT2D eigenvalue weighted by Crippen LogP contribution is 2.29. The van der Waals surface area contributed by atoms with E-state index in [1.165, 1.54) is 34.1 Å². The molecule has 0 saturated carbocycles. The molecule has 3 rings (SSSR count). The second-order valence-electron chi connectivity index (χ2n) is 4.96.